The van der Waals surface area contributed by atoms with E-state index in [1.165, 1.54) is 5.56 Å². The lowest BCUT2D eigenvalue weighted by Gasteiger charge is -2.54. The molecule has 1 saturated carbocycles. The third-order valence-electron chi connectivity index (χ3n) is 6.77. The number of aliphatic hydroxyl groups is 1. The SMILES string of the molecule is COc1cccc(C23CCN(C)CC2C(O)C[C@@H](NC(=O)c2ccccc2)C3)c1. The first-order chi connectivity index (χ1) is 14.0. The Kier molecular flexibility index (Phi) is 5.61. The summed E-state index contributed by atoms with van der Waals surface area (Å²) in [6, 6.07) is 17.5. The first-order valence-electron chi connectivity index (χ1n) is 10.4. The van der Waals surface area contributed by atoms with Gasteiger partial charge < -0.3 is 20.1 Å². The molecule has 4 rings (SSSR count). The van der Waals surface area contributed by atoms with Crippen molar-refractivity contribution in [3.63, 3.8) is 0 Å². The van der Waals surface area contributed by atoms with Crippen molar-refractivity contribution in [1.29, 1.82) is 0 Å². The van der Waals surface area contributed by atoms with Crippen molar-refractivity contribution in [2.24, 2.45) is 5.92 Å². The van der Waals surface area contributed by atoms with Crippen molar-refractivity contribution in [2.75, 3.05) is 27.2 Å². The first kappa shape index (κ1) is 19.9. The molecule has 1 aliphatic carbocycles. The van der Waals surface area contributed by atoms with Gasteiger partial charge in [0.2, 0.25) is 0 Å². The smallest absolute Gasteiger partial charge is 0.251 e. The van der Waals surface area contributed by atoms with Crippen LogP contribution in [0.15, 0.2) is 54.6 Å². The summed E-state index contributed by atoms with van der Waals surface area (Å²) in [7, 11) is 3.80. The molecule has 2 aliphatic rings. The Balaban J connectivity index is 1.64. The van der Waals surface area contributed by atoms with E-state index in [0.717, 1.165) is 31.7 Å². The van der Waals surface area contributed by atoms with Crippen LogP contribution in [0.3, 0.4) is 0 Å². The maximum Gasteiger partial charge on any atom is 0.251 e. The number of carbonyl (C=O) groups excluding carboxylic acids is 1. The third-order valence-corrected chi connectivity index (χ3v) is 6.77. The summed E-state index contributed by atoms with van der Waals surface area (Å²) in [6.45, 7) is 1.83. The highest BCUT2D eigenvalue weighted by molar-refractivity contribution is 5.94. The lowest BCUT2D eigenvalue weighted by molar-refractivity contribution is -0.0420. The van der Waals surface area contributed by atoms with Crippen LogP contribution in [0.1, 0.15) is 35.2 Å². The highest BCUT2D eigenvalue weighted by Crippen LogP contribution is 2.49. The van der Waals surface area contributed by atoms with Crippen molar-refractivity contribution in [3.05, 3.63) is 65.7 Å². The van der Waals surface area contributed by atoms with Gasteiger partial charge in [-0.3, -0.25) is 4.79 Å². The van der Waals surface area contributed by atoms with Crippen LogP contribution >= 0.6 is 0 Å². The highest BCUT2D eigenvalue weighted by Gasteiger charge is 2.51. The van der Waals surface area contributed by atoms with Gasteiger partial charge in [0.1, 0.15) is 5.75 Å². The van der Waals surface area contributed by atoms with Crippen LogP contribution in [0.5, 0.6) is 5.75 Å². The Morgan fingerprint density at radius 3 is 2.76 bits per heavy atom. The minimum atomic E-state index is -0.459. The Labute approximate surface area is 172 Å². The van der Waals surface area contributed by atoms with Gasteiger partial charge in [0, 0.05) is 29.5 Å². The molecule has 29 heavy (non-hydrogen) atoms. The number of methoxy groups -OCH3 is 1. The molecule has 5 nitrogen and oxygen atoms in total. The molecule has 1 saturated heterocycles. The first-order valence-corrected chi connectivity index (χ1v) is 10.4. The zero-order valence-corrected chi connectivity index (χ0v) is 17.2. The summed E-state index contributed by atoms with van der Waals surface area (Å²) in [5, 5.41) is 14.3. The van der Waals surface area contributed by atoms with Crippen molar-refractivity contribution < 1.29 is 14.6 Å². The molecule has 2 aromatic rings. The molecular weight excluding hydrogens is 364 g/mol. The number of nitrogens with one attached hydrogen (secondary N) is 1. The van der Waals surface area contributed by atoms with E-state index in [4.69, 9.17) is 4.74 Å². The molecule has 154 valence electrons. The maximum atomic E-state index is 12.8. The Bertz CT molecular complexity index is 856. The number of likely N-dealkylation sites (tertiary alicyclic amines) is 1. The van der Waals surface area contributed by atoms with Gasteiger partial charge in [0.15, 0.2) is 0 Å². The van der Waals surface area contributed by atoms with Gasteiger partial charge in [-0.2, -0.15) is 0 Å². The normalized spacial score (nSPS) is 29.7. The van der Waals surface area contributed by atoms with Crippen LogP contribution in [-0.2, 0) is 5.41 Å². The molecule has 1 aliphatic heterocycles. The van der Waals surface area contributed by atoms with E-state index in [1.807, 2.05) is 42.5 Å². The van der Waals surface area contributed by atoms with Crippen LogP contribution in [-0.4, -0.2) is 55.3 Å². The van der Waals surface area contributed by atoms with Gasteiger partial charge >= 0.3 is 0 Å². The quantitative estimate of drug-likeness (QED) is 0.837. The number of aliphatic hydroxyl groups excluding tert-OH is 1. The summed E-state index contributed by atoms with van der Waals surface area (Å²) in [4.78, 5) is 15.1. The number of piperidine rings is 1. The fraction of sp³-hybridized carbons (Fsp3) is 0.458. The lowest BCUT2D eigenvalue weighted by atomic mass is 9.57. The molecule has 2 N–H and O–H groups in total. The molecule has 1 heterocycles. The number of hydrogen-bond donors (Lipinski definition) is 2. The van der Waals surface area contributed by atoms with E-state index < -0.39 is 6.10 Å². The molecule has 1 amide bonds. The van der Waals surface area contributed by atoms with E-state index in [1.54, 1.807) is 7.11 Å². The summed E-state index contributed by atoms with van der Waals surface area (Å²) < 4.78 is 5.48. The Hall–Kier alpha value is -2.37. The minimum Gasteiger partial charge on any atom is -0.497 e. The summed E-state index contributed by atoms with van der Waals surface area (Å²) >= 11 is 0. The summed E-state index contributed by atoms with van der Waals surface area (Å²) in [5.41, 5.74) is 1.68. The largest absolute Gasteiger partial charge is 0.497 e. The average molecular weight is 395 g/mol. The predicted octanol–water partition coefficient (Wildman–Crippen LogP) is 2.84. The van der Waals surface area contributed by atoms with E-state index in [9.17, 15) is 9.90 Å². The lowest BCUT2D eigenvalue weighted by Crippen LogP contribution is -2.60. The zero-order valence-electron chi connectivity index (χ0n) is 17.2. The molecule has 0 spiro atoms. The highest BCUT2D eigenvalue weighted by atomic mass is 16.5. The van der Waals surface area contributed by atoms with Crippen molar-refractivity contribution in [3.8, 4) is 5.75 Å². The molecule has 4 atom stereocenters. The topological polar surface area (TPSA) is 61.8 Å². The van der Waals surface area contributed by atoms with Crippen LogP contribution in [0.2, 0.25) is 0 Å². The van der Waals surface area contributed by atoms with E-state index in [-0.39, 0.29) is 23.3 Å². The van der Waals surface area contributed by atoms with Crippen molar-refractivity contribution in [2.45, 2.75) is 36.8 Å². The molecule has 5 heteroatoms. The van der Waals surface area contributed by atoms with Gasteiger partial charge in [-0.15, -0.1) is 0 Å². The second-order valence-electron chi connectivity index (χ2n) is 8.55. The summed E-state index contributed by atoms with van der Waals surface area (Å²) in [6.07, 6.45) is 1.91. The fourth-order valence-corrected chi connectivity index (χ4v) is 5.28. The molecule has 0 radical (unpaired) electrons. The standard InChI is InChI=1S/C24H30N2O3/c1-26-12-11-24(18-9-6-10-20(13-18)29-2)15-19(14-22(27)21(24)16-26)25-23(28)17-7-4-3-5-8-17/h3-10,13,19,21-22,27H,11-12,14-16H2,1-2H3,(H,25,28)/t19-,21?,22?,24?/m1/s1. The zero-order chi connectivity index (χ0) is 20.4. The predicted molar refractivity (Wildman–Crippen MR) is 113 cm³/mol. The van der Waals surface area contributed by atoms with Gasteiger partial charge in [-0.05, 0) is 62.7 Å². The number of hydrogen-bond acceptors (Lipinski definition) is 4. The minimum absolute atomic E-state index is 0.0661. The second-order valence-corrected chi connectivity index (χ2v) is 8.55. The van der Waals surface area contributed by atoms with Gasteiger partial charge in [-0.1, -0.05) is 30.3 Å². The number of rotatable bonds is 4. The van der Waals surface area contributed by atoms with Crippen molar-refractivity contribution in [1.82, 2.24) is 10.2 Å². The van der Waals surface area contributed by atoms with Gasteiger partial charge in [-0.25, -0.2) is 0 Å². The monoisotopic (exact) mass is 394 g/mol. The number of amides is 1. The fourth-order valence-electron chi connectivity index (χ4n) is 5.28. The molecule has 2 fully saturated rings. The van der Waals surface area contributed by atoms with Gasteiger partial charge in [0.05, 0.1) is 13.2 Å². The van der Waals surface area contributed by atoms with Crippen LogP contribution in [0, 0.1) is 5.92 Å². The van der Waals surface area contributed by atoms with E-state index >= 15 is 0 Å². The molecular formula is C24H30N2O3. The number of benzene rings is 2. The van der Waals surface area contributed by atoms with E-state index in [0.29, 0.717) is 12.0 Å². The molecule has 2 aromatic carbocycles. The number of nitrogens with zero attached hydrogens (tertiary/aromatic N) is 1. The summed E-state index contributed by atoms with van der Waals surface area (Å²) in [5.74, 6) is 0.896. The second kappa shape index (κ2) is 8.17. The van der Waals surface area contributed by atoms with E-state index in [2.05, 4.69) is 29.4 Å². The number of ether oxygens (including phenoxy) is 1. The van der Waals surface area contributed by atoms with Crippen molar-refractivity contribution >= 4 is 5.91 Å². The maximum absolute atomic E-state index is 12.8. The number of fused-ring (bicyclic) bond motifs is 1. The average Bonchev–Trinajstić information content (AvgIpc) is 2.75. The van der Waals surface area contributed by atoms with Crippen LogP contribution < -0.4 is 10.1 Å². The molecule has 0 bridgehead atoms. The third kappa shape index (κ3) is 3.89. The molecule has 0 aromatic heterocycles. The van der Waals surface area contributed by atoms with Crippen LogP contribution in [0.25, 0.3) is 0 Å². The van der Waals surface area contributed by atoms with Gasteiger partial charge in [0.25, 0.3) is 5.91 Å². The van der Waals surface area contributed by atoms with Crippen LogP contribution in [0.4, 0.5) is 0 Å². The molecule has 3 unspecified atom stereocenters. The Morgan fingerprint density at radius 1 is 1.21 bits per heavy atom. The number of carbonyl (C=O) groups is 1. The Morgan fingerprint density at radius 2 is 2.00 bits per heavy atom.